The molecule has 0 saturated heterocycles. The Morgan fingerprint density at radius 1 is 1.60 bits per heavy atom. The fourth-order valence-corrected chi connectivity index (χ4v) is 3.07. The summed E-state index contributed by atoms with van der Waals surface area (Å²) < 4.78 is 4.83. The number of hydrogen-bond donors (Lipinski definition) is 0. The number of ketones is 1. The Hall–Kier alpha value is -1.12. The van der Waals surface area contributed by atoms with Gasteiger partial charge in [-0.1, -0.05) is 11.6 Å². The van der Waals surface area contributed by atoms with Gasteiger partial charge in [0.2, 0.25) is 0 Å². The first kappa shape index (κ1) is 10.4. The molecule has 1 saturated carbocycles. The molecule has 0 aromatic heterocycles. The van der Waals surface area contributed by atoms with E-state index < -0.39 is 5.41 Å². The quantitative estimate of drug-likeness (QED) is 0.375. The SMILES string of the molecule is COC(=O)[C@@]12C(=O)CCC[C@@H]1CC=C2C. The Bertz CT molecular complexity index is 333. The number of rotatable bonds is 1. The number of methoxy groups -OCH3 is 1. The zero-order valence-electron chi connectivity index (χ0n) is 9.21. The van der Waals surface area contributed by atoms with Crippen LogP contribution in [-0.4, -0.2) is 18.9 Å². The summed E-state index contributed by atoms with van der Waals surface area (Å²) in [5, 5.41) is 0. The van der Waals surface area contributed by atoms with Gasteiger partial charge in [0.1, 0.15) is 5.41 Å². The third-order valence-electron chi connectivity index (χ3n) is 3.85. The van der Waals surface area contributed by atoms with E-state index in [0.717, 1.165) is 24.8 Å². The number of esters is 1. The molecular formula is C12H16O3. The summed E-state index contributed by atoms with van der Waals surface area (Å²) in [6.45, 7) is 1.88. The van der Waals surface area contributed by atoms with Crippen LogP contribution in [0.2, 0.25) is 0 Å². The summed E-state index contributed by atoms with van der Waals surface area (Å²) in [6.07, 6.45) is 5.23. The number of Topliss-reactive ketones (excluding diaryl/α,β-unsaturated/α-hetero) is 1. The van der Waals surface area contributed by atoms with E-state index in [9.17, 15) is 9.59 Å². The molecular weight excluding hydrogens is 192 g/mol. The van der Waals surface area contributed by atoms with Crippen LogP contribution in [0.1, 0.15) is 32.6 Å². The Labute approximate surface area is 89.5 Å². The number of carbonyl (C=O) groups excluding carboxylic acids is 2. The van der Waals surface area contributed by atoms with Crippen molar-refractivity contribution in [1.29, 1.82) is 0 Å². The molecule has 2 aliphatic rings. The molecule has 0 heterocycles. The van der Waals surface area contributed by atoms with E-state index in [1.807, 2.05) is 13.0 Å². The van der Waals surface area contributed by atoms with Crippen LogP contribution in [0.15, 0.2) is 11.6 Å². The maximum atomic E-state index is 12.1. The van der Waals surface area contributed by atoms with E-state index in [2.05, 4.69) is 0 Å². The number of hydrogen-bond acceptors (Lipinski definition) is 3. The van der Waals surface area contributed by atoms with Crippen LogP contribution in [0, 0.1) is 11.3 Å². The van der Waals surface area contributed by atoms with Gasteiger partial charge in [-0.05, 0) is 32.1 Å². The normalized spacial score (nSPS) is 34.7. The van der Waals surface area contributed by atoms with Crippen molar-refractivity contribution >= 4 is 11.8 Å². The minimum Gasteiger partial charge on any atom is -0.468 e. The van der Waals surface area contributed by atoms with Crippen LogP contribution in [0.5, 0.6) is 0 Å². The summed E-state index contributed by atoms with van der Waals surface area (Å²) in [6, 6.07) is 0. The third-order valence-corrected chi connectivity index (χ3v) is 3.85. The standard InChI is InChI=1S/C12H16O3/c1-8-6-7-9-4-3-5-10(13)12(8,9)11(14)15-2/h6,9H,3-5,7H2,1-2H3/t9-,12-/m1/s1. The molecule has 0 bridgehead atoms. The Kier molecular flexibility index (Phi) is 2.41. The first-order chi connectivity index (χ1) is 7.14. The first-order valence-corrected chi connectivity index (χ1v) is 5.43. The van der Waals surface area contributed by atoms with Crippen LogP contribution in [0.25, 0.3) is 0 Å². The molecule has 15 heavy (non-hydrogen) atoms. The number of allylic oxidation sites excluding steroid dienone is 1. The molecule has 3 nitrogen and oxygen atoms in total. The lowest BCUT2D eigenvalue weighted by molar-refractivity contribution is -0.160. The molecule has 2 rings (SSSR count). The molecule has 0 aromatic rings. The van der Waals surface area contributed by atoms with E-state index >= 15 is 0 Å². The second kappa shape index (κ2) is 3.47. The lowest BCUT2D eigenvalue weighted by Gasteiger charge is -2.36. The van der Waals surface area contributed by atoms with Crippen molar-refractivity contribution < 1.29 is 14.3 Å². The van der Waals surface area contributed by atoms with E-state index in [1.165, 1.54) is 7.11 Å². The topological polar surface area (TPSA) is 43.4 Å². The monoisotopic (exact) mass is 208 g/mol. The van der Waals surface area contributed by atoms with Crippen molar-refractivity contribution in [3.63, 3.8) is 0 Å². The minimum atomic E-state index is -0.924. The van der Waals surface area contributed by atoms with Gasteiger partial charge in [-0.2, -0.15) is 0 Å². The summed E-state index contributed by atoms with van der Waals surface area (Å²) in [7, 11) is 1.36. The zero-order valence-corrected chi connectivity index (χ0v) is 9.21. The molecule has 3 heteroatoms. The van der Waals surface area contributed by atoms with E-state index in [0.29, 0.717) is 6.42 Å². The predicted molar refractivity (Wildman–Crippen MR) is 55.2 cm³/mol. The molecule has 82 valence electrons. The van der Waals surface area contributed by atoms with Crippen molar-refractivity contribution in [3.05, 3.63) is 11.6 Å². The lowest BCUT2D eigenvalue weighted by atomic mass is 9.64. The fraction of sp³-hybridized carbons (Fsp3) is 0.667. The maximum Gasteiger partial charge on any atom is 0.323 e. The van der Waals surface area contributed by atoms with Crippen LogP contribution in [0.4, 0.5) is 0 Å². The molecule has 2 atom stereocenters. The van der Waals surface area contributed by atoms with Gasteiger partial charge in [-0.3, -0.25) is 9.59 Å². The van der Waals surface area contributed by atoms with Gasteiger partial charge in [0.05, 0.1) is 7.11 Å². The van der Waals surface area contributed by atoms with Crippen molar-refractivity contribution in [2.24, 2.45) is 11.3 Å². The molecule has 2 aliphatic carbocycles. The van der Waals surface area contributed by atoms with Crippen LogP contribution in [0.3, 0.4) is 0 Å². The van der Waals surface area contributed by atoms with Gasteiger partial charge in [0, 0.05) is 6.42 Å². The molecule has 0 N–H and O–H groups in total. The van der Waals surface area contributed by atoms with Crippen LogP contribution >= 0.6 is 0 Å². The third kappa shape index (κ3) is 1.18. The smallest absolute Gasteiger partial charge is 0.323 e. The van der Waals surface area contributed by atoms with Crippen LogP contribution in [-0.2, 0) is 14.3 Å². The van der Waals surface area contributed by atoms with Crippen molar-refractivity contribution in [1.82, 2.24) is 0 Å². The molecule has 0 radical (unpaired) electrons. The molecule has 0 aliphatic heterocycles. The minimum absolute atomic E-state index is 0.0526. The second-order valence-electron chi connectivity index (χ2n) is 4.43. The van der Waals surface area contributed by atoms with Gasteiger partial charge in [-0.25, -0.2) is 0 Å². The summed E-state index contributed by atoms with van der Waals surface area (Å²) in [5.74, 6) is -0.161. The second-order valence-corrected chi connectivity index (χ2v) is 4.43. The van der Waals surface area contributed by atoms with Crippen molar-refractivity contribution in [2.45, 2.75) is 32.6 Å². The van der Waals surface area contributed by atoms with Gasteiger partial charge in [0.15, 0.2) is 5.78 Å². The van der Waals surface area contributed by atoms with E-state index in [1.54, 1.807) is 0 Å². The van der Waals surface area contributed by atoms with Gasteiger partial charge < -0.3 is 4.74 Å². The number of fused-ring (bicyclic) bond motifs is 1. The highest BCUT2D eigenvalue weighted by molar-refractivity contribution is 6.08. The maximum absolute atomic E-state index is 12.1. The van der Waals surface area contributed by atoms with E-state index in [-0.39, 0.29) is 17.7 Å². The number of ether oxygens (including phenoxy) is 1. The average molecular weight is 208 g/mol. The van der Waals surface area contributed by atoms with Gasteiger partial charge in [0.25, 0.3) is 0 Å². The highest BCUT2D eigenvalue weighted by Gasteiger charge is 2.57. The first-order valence-electron chi connectivity index (χ1n) is 5.43. The largest absolute Gasteiger partial charge is 0.468 e. The van der Waals surface area contributed by atoms with Crippen molar-refractivity contribution in [3.8, 4) is 0 Å². The van der Waals surface area contributed by atoms with Gasteiger partial charge >= 0.3 is 5.97 Å². The summed E-state index contributed by atoms with van der Waals surface area (Å²) in [4.78, 5) is 24.0. The Morgan fingerprint density at radius 3 is 3.00 bits per heavy atom. The van der Waals surface area contributed by atoms with E-state index in [4.69, 9.17) is 4.74 Å². The Morgan fingerprint density at radius 2 is 2.33 bits per heavy atom. The highest BCUT2D eigenvalue weighted by atomic mass is 16.5. The van der Waals surface area contributed by atoms with Crippen LogP contribution < -0.4 is 0 Å². The average Bonchev–Trinajstić information content (AvgIpc) is 2.58. The summed E-state index contributed by atoms with van der Waals surface area (Å²) in [5.41, 5.74) is -0.0310. The molecule has 1 fully saturated rings. The van der Waals surface area contributed by atoms with Gasteiger partial charge in [-0.15, -0.1) is 0 Å². The zero-order chi connectivity index (χ0) is 11.1. The number of carbonyl (C=O) groups is 2. The van der Waals surface area contributed by atoms with Crippen molar-refractivity contribution in [2.75, 3.05) is 7.11 Å². The molecule has 0 aromatic carbocycles. The highest BCUT2D eigenvalue weighted by Crippen LogP contribution is 2.51. The predicted octanol–water partition coefficient (Wildman–Crippen LogP) is 1.86. The molecule has 0 unspecified atom stereocenters. The summed E-state index contributed by atoms with van der Waals surface area (Å²) >= 11 is 0. The molecule has 0 spiro atoms. The fourth-order valence-electron chi connectivity index (χ4n) is 3.07. The lowest BCUT2D eigenvalue weighted by Crippen LogP contribution is -2.47. The molecule has 0 amide bonds. The Balaban J connectivity index is 2.47.